The number of esters is 1. The minimum atomic E-state index is -2.03. The molecule has 8 heteroatoms. The van der Waals surface area contributed by atoms with Gasteiger partial charge in [-0.15, -0.1) is 0 Å². The van der Waals surface area contributed by atoms with Crippen molar-refractivity contribution < 1.29 is 40.2 Å². The van der Waals surface area contributed by atoms with Gasteiger partial charge in [0, 0.05) is 6.42 Å². The predicted molar refractivity (Wildman–Crippen MR) is 85.8 cm³/mol. The summed E-state index contributed by atoms with van der Waals surface area (Å²) in [6.45, 7) is 1.30. The van der Waals surface area contributed by atoms with Crippen LogP contribution in [0.15, 0.2) is 0 Å². The van der Waals surface area contributed by atoms with Crippen molar-refractivity contribution in [3.63, 3.8) is 0 Å². The molecule has 1 unspecified atom stereocenters. The van der Waals surface area contributed by atoms with Crippen molar-refractivity contribution in [3.05, 3.63) is 0 Å². The zero-order chi connectivity index (χ0) is 18.5. The van der Waals surface area contributed by atoms with E-state index in [9.17, 15) is 25.2 Å². The molecule has 0 bridgehead atoms. The van der Waals surface area contributed by atoms with Crippen molar-refractivity contribution in [2.75, 3.05) is 6.61 Å². The lowest BCUT2D eigenvalue weighted by molar-refractivity contribution is -0.213. The summed E-state index contributed by atoms with van der Waals surface area (Å²) in [6.07, 6.45) is -2.38. The van der Waals surface area contributed by atoms with Gasteiger partial charge in [-0.3, -0.25) is 4.79 Å². The number of hydrogen-bond acceptors (Lipinski definition) is 8. The first-order valence-electron chi connectivity index (χ1n) is 8.55. The summed E-state index contributed by atoms with van der Waals surface area (Å²) in [5.74, 6) is -0.723. The summed E-state index contributed by atoms with van der Waals surface area (Å²) in [5, 5.41) is 56.0. The van der Waals surface area contributed by atoms with Crippen LogP contribution < -0.4 is 0 Å². The van der Waals surface area contributed by atoms with Gasteiger partial charge in [-0.1, -0.05) is 45.4 Å². The number of ether oxygens (including phenoxy) is 1. The summed E-state index contributed by atoms with van der Waals surface area (Å²) in [7, 11) is 0. The van der Waals surface area contributed by atoms with Crippen molar-refractivity contribution >= 4 is 5.97 Å². The number of aliphatic hydroxyl groups is 6. The van der Waals surface area contributed by atoms with Crippen molar-refractivity contribution in [2.24, 2.45) is 0 Å². The third-order valence-corrected chi connectivity index (χ3v) is 3.81. The van der Waals surface area contributed by atoms with Gasteiger partial charge in [-0.2, -0.15) is 0 Å². The monoisotopic (exact) mass is 352 g/mol. The van der Waals surface area contributed by atoms with Crippen LogP contribution in [0.25, 0.3) is 0 Å². The maximum atomic E-state index is 11.5. The first-order chi connectivity index (χ1) is 11.3. The third-order valence-electron chi connectivity index (χ3n) is 3.81. The normalized spacial score (nSPS) is 17.8. The van der Waals surface area contributed by atoms with E-state index in [0.717, 1.165) is 19.3 Å². The molecule has 0 heterocycles. The van der Waals surface area contributed by atoms with Crippen LogP contribution in [0.5, 0.6) is 0 Å². The van der Waals surface area contributed by atoms with E-state index in [1.807, 2.05) is 0 Å². The van der Waals surface area contributed by atoms with E-state index >= 15 is 0 Å². The lowest BCUT2D eigenvalue weighted by Crippen LogP contribution is -2.50. The Kier molecular flexibility index (Phi) is 13.1. The molecule has 6 N–H and O–H groups in total. The van der Waals surface area contributed by atoms with Gasteiger partial charge < -0.3 is 35.4 Å². The number of carbonyl (C=O) groups excluding carboxylic acids is 1. The zero-order valence-electron chi connectivity index (χ0n) is 14.3. The van der Waals surface area contributed by atoms with Gasteiger partial charge in [0.2, 0.25) is 6.29 Å². The molecule has 0 saturated carbocycles. The lowest BCUT2D eigenvalue weighted by atomic mass is 10.0. The smallest absolute Gasteiger partial charge is 0.308 e. The van der Waals surface area contributed by atoms with Crippen LogP contribution in [0.3, 0.4) is 0 Å². The third kappa shape index (κ3) is 9.51. The Morgan fingerprint density at radius 3 is 1.92 bits per heavy atom. The fourth-order valence-electron chi connectivity index (χ4n) is 2.20. The number of hydrogen-bond donors (Lipinski definition) is 6. The standard InChI is InChI=1S/C16H32O8/c1-2-3-4-5-6-7-8-9-12(19)24-16(23)15(22)14(21)13(20)11(18)10-17/h11,13-18,20-23H,2-10H2,1H3/t11-,13+,14+,15+,16?/m0/s1. The van der Waals surface area contributed by atoms with E-state index in [1.54, 1.807) is 0 Å². The second-order valence-electron chi connectivity index (χ2n) is 5.97. The number of carbonyl (C=O) groups is 1. The van der Waals surface area contributed by atoms with Crippen molar-refractivity contribution in [1.29, 1.82) is 0 Å². The minimum absolute atomic E-state index is 0.0788. The molecule has 0 aliphatic carbocycles. The molecule has 0 aromatic carbocycles. The summed E-state index contributed by atoms with van der Waals surface area (Å²) >= 11 is 0. The Balaban J connectivity index is 3.99. The zero-order valence-corrected chi connectivity index (χ0v) is 14.3. The molecular weight excluding hydrogens is 320 g/mol. The molecule has 24 heavy (non-hydrogen) atoms. The second kappa shape index (κ2) is 13.5. The molecule has 0 amide bonds. The van der Waals surface area contributed by atoms with Gasteiger partial charge in [-0.25, -0.2) is 0 Å². The van der Waals surface area contributed by atoms with Crippen LogP contribution in [0, 0.1) is 0 Å². The average Bonchev–Trinajstić information content (AvgIpc) is 2.58. The van der Waals surface area contributed by atoms with Crippen molar-refractivity contribution in [3.8, 4) is 0 Å². The first kappa shape index (κ1) is 23.2. The van der Waals surface area contributed by atoms with Crippen LogP contribution in [0.2, 0.25) is 0 Å². The highest BCUT2D eigenvalue weighted by molar-refractivity contribution is 5.69. The van der Waals surface area contributed by atoms with E-state index in [-0.39, 0.29) is 6.42 Å². The molecule has 0 aliphatic rings. The van der Waals surface area contributed by atoms with E-state index in [0.29, 0.717) is 6.42 Å². The van der Waals surface area contributed by atoms with Gasteiger partial charge in [0.25, 0.3) is 0 Å². The second-order valence-corrected chi connectivity index (χ2v) is 5.97. The van der Waals surface area contributed by atoms with Crippen LogP contribution in [0.4, 0.5) is 0 Å². The highest BCUT2D eigenvalue weighted by Crippen LogP contribution is 2.12. The Labute approximate surface area is 142 Å². The highest BCUT2D eigenvalue weighted by atomic mass is 16.6. The molecule has 144 valence electrons. The van der Waals surface area contributed by atoms with Gasteiger partial charge in [0.05, 0.1) is 6.61 Å². The van der Waals surface area contributed by atoms with Crippen LogP contribution in [-0.4, -0.2) is 73.9 Å². The maximum Gasteiger partial charge on any atom is 0.308 e. The number of aliphatic hydroxyl groups excluding tert-OH is 6. The molecule has 0 radical (unpaired) electrons. The highest BCUT2D eigenvalue weighted by Gasteiger charge is 2.35. The molecule has 5 atom stereocenters. The largest absolute Gasteiger partial charge is 0.433 e. The van der Waals surface area contributed by atoms with Gasteiger partial charge in [0.15, 0.2) is 0 Å². The Hall–Kier alpha value is -0.770. The molecular formula is C16H32O8. The summed E-state index contributed by atoms with van der Waals surface area (Å²) in [5.41, 5.74) is 0. The molecule has 0 saturated heterocycles. The van der Waals surface area contributed by atoms with E-state index in [4.69, 9.17) is 10.2 Å². The topological polar surface area (TPSA) is 148 Å². The van der Waals surface area contributed by atoms with E-state index < -0.39 is 43.3 Å². The summed E-state index contributed by atoms with van der Waals surface area (Å²) in [6, 6.07) is 0. The van der Waals surface area contributed by atoms with Crippen molar-refractivity contribution in [1.82, 2.24) is 0 Å². The van der Waals surface area contributed by atoms with Crippen LogP contribution in [0.1, 0.15) is 58.3 Å². The molecule has 8 nitrogen and oxygen atoms in total. The molecule has 0 aromatic rings. The Bertz CT molecular complexity index is 325. The Morgan fingerprint density at radius 2 is 1.38 bits per heavy atom. The average molecular weight is 352 g/mol. The van der Waals surface area contributed by atoms with Gasteiger partial charge in [-0.05, 0) is 6.42 Å². The quantitative estimate of drug-likeness (QED) is 0.138. The fourth-order valence-corrected chi connectivity index (χ4v) is 2.20. The SMILES string of the molecule is CCCCCCCCCC(=O)OC(O)[C@H](O)[C@H](O)[C@H](O)[C@@H](O)CO. The number of rotatable bonds is 14. The Morgan fingerprint density at radius 1 is 0.833 bits per heavy atom. The van der Waals surface area contributed by atoms with Gasteiger partial charge in [0.1, 0.15) is 24.4 Å². The molecule has 0 aromatic heterocycles. The van der Waals surface area contributed by atoms with E-state index in [1.165, 1.54) is 19.3 Å². The predicted octanol–water partition coefficient (Wildman–Crippen LogP) is -0.575. The first-order valence-corrected chi connectivity index (χ1v) is 8.55. The van der Waals surface area contributed by atoms with Gasteiger partial charge >= 0.3 is 5.97 Å². The molecule has 0 fully saturated rings. The summed E-state index contributed by atoms with van der Waals surface area (Å²) < 4.78 is 4.59. The number of unbranched alkanes of at least 4 members (excludes halogenated alkanes) is 6. The summed E-state index contributed by atoms with van der Waals surface area (Å²) in [4.78, 5) is 11.5. The maximum absolute atomic E-state index is 11.5. The van der Waals surface area contributed by atoms with E-state index in [2.05, 4.69) is 11.7 Å². The molecule has 0 spiro atoms. The van der Waals surface area contributed by atoms with Crippen molar-refractivity contribution in [2.45, 2.75) is 89.0 Å². The fraction of sp³-hybridized carbons (Fsp3) is 0.938. The van der Waals surface area contributed by atoms with Crippen LogP contribution in [-0.2, 0) is 9.53 Å². The molecule has 0 rings (SSSR count). The molecule has 0 aliphatic heterocycles. The van der Waals surface area contributed by atoms with Crippen LogP contribution >= 0.6 is 0 Å². The lowest BCUT2D eigenvalue weighted by Gasteiger charge is -2.28. The minimum Gasteiger partial charge on any atom is -0.433 e.